The number of nitrogens with zero attached hydrogens (tertiary/aromatic N) is 2. The smallest absolute Gasteiger partial charge is 0.273 e. The Morgan fingerprint density at radius 1 is 1.25 bits per heavy atom. The molecule has 0 spiro atoms. The highest BCUT2D eigenvalue weighted by Gasteiger charge is 2.43. The Bertz CT molecular complexity index is 711. The molecular formula is C20H24N2OS. The number of fused-ring (bicyclic) bond motifs is 1. The molecule has 1 aromatic carbocycles. The minimum atomic E-state index is 0.146. The van der Waals surface area contributed by atoms with Gasteiger partial charge in [-0.15, -0.1) is 11.3 Å². The van der Waals surface area contributed by atoms with Crippen LogP contribution in [0.3, 0.4) is 0 Å². The van der Waals surface area contributed by atoms with Gasteiger partial charge in [-0.1, -0.05) is 43.2 Å². The van der Waals surface area contributed by atoms with E-state index < -0.39 is 0 Å². The average Bonchev–Trinajstić information content (AvgIpc) is 3.19. The Kier molecular flexibility index (Phi) is 4.40. The number of carbonyl (C=O) groups is 1. The summed E-state index contributed by atoms with van der Waals surface area (Å²) < 4.78 is 0. The van der Waals surface area contributed by atoms with Crippen LogP contribution < -0.4 is 0 Å². The molecule has 2 heterocycles. The first-order valence-electron chi connectivity index (χ1n) is 9.03. The van der Waals surface area contributed by atoms with Crippen LogP contribution in [-0.4, -0.2) is 27.9 Å². The molecule has 0 bridgehead atoms. The summed E-state index contributed by atoms with van der Waals surface area (Å²) in [6, 6.07) is 11.1. The minimum Gasteiger partial charge on any atom is -0.331 e. The van der Waals surface area contributed by atoms with Crippen molar-refractivity contribution >= 4 is 17.2 Å². The van der Waals surface area contributed by atoms with E-state index in [0.29, 0.717) is 23.7 Å². The fourth-order valence-electron chi connectivity index (χ4n) is 4.45. The first-order chi connectivity index (χ1) is 11.7. The first-order valence-corrected chi connectivity index (χ1v) is 9.91. The number of benzene rings is 1. The van der Waals surface area contributed by atoms with Gasteiger partial charge in [0.25, 0.3) is 5.91 Å². The van der Waals surface area contributed by atoms with Gasteiger partial charge in [0, 0.05) is 23.9 Å². The molecule has 126 valence electrons. The van der Waals surface area contributed by atoms with Crippen LogP contribution in [0.15, 0.2) is 35.7 Å². The molecule has 1 amide bonds. The second-order valence-corrected chi connectivity index (χ2v) is 8.14. The summed E-state index contributed by atoms with van der Waals surface area (Å²) in [5.41, 5.74) is 1.89. The number of hydrogen-bond donors (Lipinski definition) is 0. The molecule has 1 aromatic heterocycles. The molecule has 1 aliphatic heterocycles. The molecule has 2 fully saturated rings. The van der Waals surface area contributed by atoms with E-state index in [1.54, 1.807) is 11.3 Å². The molecule has 1 aliphatic carbocycles. The molecule has 2 aromatic rings. The summed E-state index contributed by atoms with van der Waals surface area (Å²) in [7, 11) is 0. The fraction of sp³-hybridized carbons (Fsp3) is 0.500. The predicted octanol–water partition coefficient (Wildman–Crippen LogP) is 4.53. The van der Waals surface area contributed by atoms with Crippen LogP contribution in [0.1, 0.15) is 60.1 Å². The zero-order chi connectivity index (χ0) is 16.5. The number of amides is 1. The van der Waals surface area contributed by atoms with E-state index in [-0.39, 0.29) is 5.91 Å². The van der Waals surface area contributed by atoms with E-state index in [4.69, 9.17) is 0 Å². The number of hydrogen-bond acceptors (Lipinski definition) is 3. The average molecular weight is 340 g/mol. The highest BCUT2D eigenvalue weighted by Crippen LogP contribution is 2.40. The largest absolute Gasteiger partial charge is 0.331 e. The van der Waals surface area contributed by atoms with Gasteiger partial charge in [-0.2, -0.15) is 0 Å². The van der Waals surface area contributed by atoms with E-state index in [1.807, 2.05) is 23.6 Å². The molecule has 0 radical (unpaired) electrons. The lowest BCUT2D eigenvalue weighted by molar-refractivity contribution is 0.0628. The number of aromatic nitrogens is 1. The van der Waals surface area contributed by atoms with Gasteiger partial charge in [0.05, 0.1) is 5.01 Å². The van der Waals surface area contributed by atoms with E-state index >= 15 is 0 Å². The van der Waals surface area contributed by atoms with Crippen LogP contribution >= 0.6 is 11.3 Å². The van der Waals surface area contributed by atoms with Gasteiger partial charge in [-0.25, -0.2) is 4.98 Å². The van der Waals surface area contributed by atoms with E-state index in [0.717, 1.165) is 17.8 Å². The van der Waals surface area contributed by atoms with Crippen molar-refractivity contribution in [2.24, 2.45) is 5.92 Å². The van der Waals surface area contributed by atoms with Gasteiger partial charge in [0.15, 0.2) is 0 Å². The van der Waals surface area contributed by atoms with Gasteiger partial charge >= 0.3 is 0 Å². The Balaban J connectivity index is 1.50. The summed E-state index contributed by atoms with van der Waals surface area (Å²) in [5, 5.41) is 2.97. The van der Waals surface area contributed by atoms with E-state index in [2.05, 4.69) is 28.9 Å². The summed E-state index contributed by atoms with van der Waals surface area (Å²) in [6.45, 7) is 2.20. The number of rotatable bonds is 3. The Labute approximate surface area is 147 Å². The van der Waals surface area contributed by atoms with E-state index in [1.165, 1.54) is 31.2 Å². The van der Waals surface area contributed by atoms with Crippen LogP contribution in [-0.2, 0) is 6.42 Å². The van der Waals surface area contributed by atoms with Crippen LogP contribution in [0, 0.1) is 5.92 Å². The molecule has 0 N–H and O–H groups in total. The second-order valence-electron chi connectivity index (χ2n) is 7.20. The van der Waals surface area contributed by atoms with Crippen molar-refractivity contribution in [3.63, 3.8) is 0 Å². The quantitative estimate of drug-likeness (QED) is 0.822. The van der Waals surface area contributed by atoms with Gasteiger partial charge < -0.3 is 4.90 Å². The maximum absolute atomic E-state index is 13.0. The Morgan fingerprint density at radius 2 is 2.04 bits per heavy atom. The lowest BCUT2D eigenvalue weighted by Crippen LogP contribution is -2.42. The number of carbonyl (C=O) groups excluding carboxylic acids is 1. The molecule has 1 saturated heterocycles. The van der Waals surface area contributed by atoms with Crippen molar-refractivity contribution in [1.82, 2.24) is 9.88 Å². The van der Waals surface area contributed by atoms with Gasteiger partial charge in [-0.3, -0.25) is 4.79 Å². The molecule has 3 nitrogen and oxygen atoms in total. The normalized spacial score (nSPS) is 26.4. The lowest BCUT2D eigenvalue weighted by atomic mass is 9.85. The summed E-state index contributed by atoms with van der Waals surface area (Å²) >= 11 is 1.60. The molecule has 3 atom stereocenters. The van der Waals surface area contributed by atoms with Crippen molar-refractivity contribution in [2.75, 3.05) is 0 Å². The molecule has 2 aliphatic rings. The summed E-state index contributed by atoms with van der Waals surface area (Å²) in [4.78, 5) is 19.8. The van der Waals surface area contributed by atoms with Crippen molar-refractivity contribution in [3.8, 4) is 0 Å². The highest BCUT2D eigenvalue weighted by molar-refractivity contribution is 7.09. The van der Waals surface area contributed by atoms with E-state index in [9.17, 15) is 4.79 Å². The monoisotopic (exact) mass is 340 g/mol. The van der Waals surface area contributed by atoms with Crippen LogP contribution in [0.25, 0.3) is 0 Å². The predicted molar refractivity (Wildman–Crippen MR) is 97.4 cm³/mol. The maximum atomic E-state index is 13.0. The Morgan fingerprint density at radius 3 is 2.88 bits per heavy atom. The number of likely N-dealkylation sites (tertiary alicyclic amines) is 1. The van der Waals surface area contributed by atoms with Crippen LogP contribution in [0.5, 0.6) is 0 Å². The Hall–Kier alpha value is -1.68. The molecule has 3 unspecified atom stereocenters. The van der Waals surface area contributed by atoms with Gasteiger partial charge in [-0.05, 0) is 37.7 Å². The van der Waals surface area contributed by atoms with Gasteiger partial charge in [0.1, 0.15) is 5.69 Å². The minimum absolute atomic E-state index is 0.146. The van der Waals surface area contributed by atoms with Gasteiger partial charge in [0.2, 0.25) is 0 Å². The van der Waals surface area contributed by atoms with Crippen molar-refractivity contribution in [3.05, 3.63) is 52.0 Å². The van der Waals surface area contributed by atoms with Crippen molar-refractivity contribution in [2.45, 2.75) is 57.5 Å². The molecule has 1 saturated carbocycles. The summed E-state index contributed by atoms with van der Waals surface area (Å²) in [6.07, 6.45) is 7.01. The van der Waals surface area contributed by atoms with Crippen LogP contribution in [0.4, 0.5) is 0 Å². The third-order valence-corrected chi connectivity index (χ3v) is 6.40. The third-order valence-electron chi connectivity index (χ3n) is 5.55. The molecule has 4 rings (SSSR count). The van der Waals surface area contributed by atoms with Crippen molar-refractivity contribution < 1.29 is 4.79 Å². The lowest BCUT2D eigenvalue weighted by Gasteiger charge is -2.32. The summed E-state index contributed by atoms with van der Waals surface area (Å²) in [5.74, 6) is 0.854. The van der Waals surface area contributed by atoms with Crippen molar-refractivity contribution in [1.29, 1.82) is 0 Å². The SMILES string of the molecule is CC1CC2CCCCC2N1C(=O)c1csc(Cc2ccccc2)n1. The molecular weight excluding hydrogens is 316 g/mol. The first kappa shape index (κ1) is 15.8. The number of thiazole rings is 1. The maximum Gasteiger partial charge on any atom is 0.273 e. The standard InChI is InChI=1S/C20H24N2OS/c1-14-11-16-9-5-6-10-18(16)22(14)20(23)17-13-24-19(21-17)12-15-7-3-2-4-8-15/h2-4,7-8,13-14,16,18H,5-6,9-12H2,1H3. The zero-order valence-corrected chi connectivity index (χ0v) is 15.0. The fourth-order valence-corrected chi connectivity index (χ4v) is 5.25. The van der Waals surface area contributed by atoms with Crippen LogP contribution in [0.2, 0.25) is 0 Å². The topological polar surface area (TPSA) is 33.2 Å². The highest BCUT2D eigenvalue weighted by atomic mass is 32.1. The zero-order valence-electron chi connectivity index (χ0n) is 14.1. The second kappa shape index (κ2) is 6.67. The molecule has 24 heavy (non-hydrogen) atoms. The molecule has 4 heteroatoms. The third kappa shape index (κ3) is 3.00.